The number of pyridine rings is 1. The van der Waals surface area contributed by atoms with E-state index in [1.807, 2.05) is 6.20 Å². The Balaban J connectivity index is 2.30. The van der Waals surface area contributed by atoms with Gasteiger partial charge in [0.05, 0.1) is 11.7 Å². The van der Waals surface area contributed by atoms with E-state index < -0.39 is 0 Å². The summed E-state index contributed by atoms with van der Waals surface area (Å²) < 4.78 is 1.02. The average Bonchev–Trinajstić information content (AvgIpc) is 2.42. The van der Waals surface area contributed by atoms with Gasteiger partial charge in [0, 0.05) is 10.7 Å². The number of halogens is 1. The summed E-state index contributed by atoms with van der Waals surface area (Å²) in [5, 5.41) is 3.56. The second kappa shape index (κ2) is 7.19. The highest BCUT2D eigenvalue weighted by atomic mass is 79.9. The van der Waals surface area contributed by atoms with E-state index in [0.717, 1.165) is 23.1 Å². The molecule has 0 saturated heterocycles. The van der Waals surface area contributed by atoms with Crippen molar-refractivity contribution < 1.29 is 0 Å². The van der Waals surface area contributed by atoms with Crippen molar-refractivity contribution in [3.8, 4) is 0 Å². The molecule has 1 N–H and O–H groups in total. The maximum Gasteiger partial charge on any atom is 0.0577 e. The summed E-state index contributed by atoms with van der Waals surface area (Å²) in [5.41, 5.74) is 6.59. The van der Waals surface area contributed by atoms with Gasteiger partial charge in [0.1, 0.15) is 0 Å². The average molecular weight is 347 g/mol. The minimum absolute atomic E-state index is 0.253. The standard InChI is InChI=1S/C18H23BrN2/c1-5-20-18(17-7-6-15(19)11-21-17)10-16-13(3)8-12(2)9-14(16)4/h6-9,11,18,20H,5,10H2,1-4H3. The van der Waals surface area contributed by atoms with E-state index >= 15 is 0 Å². The maximum atomic E-state index is 4.56. The van der Waals surface area contributed by atoms with E-state index in [1.54, 1.807) is 0 Å². The normalized spacial score (nSPS) is 12.4. The number of hydrogen-bond acceptors (Lipinski definition) is 2. The largest absolute Gasteiger partial charge is 0.309 e. The van der Waals surface area contributed by atoms with Crippen LogP contribution in [0.3, 0.4) is 0 Å². The first kappa shape index (κ1) is 16.2. The molecule has 0 aliphatic rings. The molecule has 0 saturated carbocycles. The first-order chi connectivity index (χ1) is 10.0. The van der Waals surface area contributed by atoms with Crippen LogP contribution in [0.25, 0.3) is 0 Å². The van der Waals surface area contributed by atoms with E-state index in [-0.39, 0.29) is 6.04 Å². The Labute approximate surface area is 136 Å². The summed E-state index contributed by atoms with van der Waals surface area (Å²) >= 11 is 3.45. The van der Waals surface area contributed by atoms with Crippen molar-refractivity contribution in [3.63, 3.8) is 0 Å². The van der Waals surface area contributed by atoms with Gasteiger partial charge in [-0.2, -0.15) is 0 Å². The highest BCUT2D eigenvalue weighted by molar-refractivity contribution is 9.10. The zero-order chi connectivity index (χ0) is 15.4. The molecule has 21 heavy (non-hydrogen) atoms. The van der Waals surface area contributed by atoms with Crippen LogP contribution in [0, 0.1) is 20.8 Å². The lowest BCUT2D eigenvalue weighted by Gasteiger charge is -2.20. The smallest absolute Gasteiger partial charge is 0.0577 e. The van der Waals surface area contributed by atoms with Gasteiger partial charge in [-0.1, -0.05) is 24.6 Å². The molecular weight excluding hydrogens is 324 g/mol. The van der Waals surface area contributed by atoms with Gasteiger partial charge in [0.15, 0.2) is 0 Å². The number of nitrogens with zero attached hydrogens (tertiary/aromatic N) is 1. The molecule has 2 aromatic rings. The monoisotopic (exact) mass is 346 g/mol. The second-order valence-electron chi connectivity index (χ2n) is 5.59. The summed E-state index contributed by atoms with van der Waals surface area (Å²) in [5.74, 6) is 0. The lowest BCUT2D eigenvalue weighted by atomic mass is 9.93. The molecule has 0 spiro atoms. The highest BCUT2D eigenvalue weighted by Gasteiger charge is 2.15. The lowest BCUT2D eigenvalue weighted by Crippen LogP contribution is -2.24. The van der Waals surface area contributed by atoms with Crippen molar-refractivity contribution in [3.05, 3.63) is 62.9 Å². The lowest BCUT2D eigenvalue weighted by molar-refractivity contribution is 0.534. The van der Waals surface area contributed by atoms with Crippen molar-refractivity contribution >= 4 is 15.9 Å². The van der Waals surface area contributed by atoms with Crippen molar-refractivity contribution in [1.82, 2.24) is 10.3 Å². The molecule has 1 aromatic carbocycles. The summed E-state index contributed by atoms with van der Waals surface area (Å²) in [4.78, 5) is 4.56. The Morgan fingerprint density at radius 1 is 1.14 bits per heavy atom. The fourth-order valence-electron chi connectivity index (χ4n) is 2.86. The molecule has 2 rings (SSSR count). The minimum atomic E-state index is 0.253. The minimum Gasteiger partial charge on any atom is -0.309 e. The van der Waals surface area contributed by atoms with E-state index in [9.17, 15) is 0 Å². The third kappa shape index (κ3) is 4.14. The molecule has 0 radical (unpaired) electrons. The van der Waals surface area contributed by atoms with E-state index in [4.69, 9.17) is 0 Å². The summed E-state index contributed by atoms with van der Waals surface area (Å²) in [6.45, 7) is 9.63. The number of likely N-dealkylation sites (N-methyl/N-ethyl adjacent to an activating group) is 1. The van der Waals surface area contributed by atoms with Crippen LogP contribution in [0.1, 0.15) is 40.9 Å². The number of nitrogens with one attached hydrogen (secondary N) is 1. The van der Waals surface area contributed by atoms with Gasteiger partial charge in [-0.15, -0.1) is 0 Å². The molecule has 0 aliphatic carbocycles. The summed E-state index contributed by atoms with van der Waals surface area (Å²) in [6, 6.07) is 8.93. The molecule has 1 aromatic heterocycles. The number of benzene rings is 1. The van der Waals surface area contributed by atoms with Gasteiger partial charge in [-0.05, 0) is 78.5 Å². The SMILES string of the molecule is CCNC(Cc1c(C)cc(C)cc1C)c1ccc(Br)cn1. The maximum absolute atomic E-state index is 4.56. The molecule has 0 aliphatic heterocycles. The van der Waals surface area contributed by atoms with Crippen LogP contribution >= 0.6 is 15.9 Å². The Kier molecular flexibility index (Phi) is 5.54. The first-order valence-electron chi connectivity index (χ1n) is 7.42. The summed E-state index contributed by atoms with van der Waals surface area (Å²) in [7, 11) is 0. The van der Waals surface area contributed by atoms with Gasteiger partial charge in [0.2, 0.25) is 0 Å². The Bertz CT molecular complexity index is 582. The fourth-order valence-corrected chi connectivity index (χ4v) is 3.09. The Morgan fingerprint density at radius 3 is 2.33 bits per heavy atom. The van der Waals surface area contributed by atoms with E-state index in [0.29, 0.717) is 0 Å². The predicted molar refractivity (Wildman–Crippen MR) is 92.7 cm³/mol. The van der Waals surface area contributed by atoms with Crippen LogP contribution in [0.15, 0.2) is 34.9 Å². The third-order valence-electron chi connectivity index (χ3n) is 3.81. The van der Waals surface area contributed by atoms with Crippen LogP contribution in [0.5, 0.6) is 0 Å². The van der Waals surface area contributed by atoms with Gasteiger partial charge < -0.3 is 5.32 Å². The Morgan fingerprint density at radius 2 is 1.81 bits per heavy atom. The quantitative estimate of drug-likeness (QED) is 0.851. The van der Waals surface area contributed by atoms with Crippen molar-refractivity contribution in [1.29, 1.82) is 0 Å². The van der Waals surface area contributed by atoms with E-state index in [1.165, 1.54) is 22.3 Å². The van der Waals surface area contributed by atoms with Crippen molar-refractivity contribution in [2.75, 3.05) is 6.54 Å². The molecule has 0 bridgehead atoms. The Hall–Kier alpha value is -1.19. The van der Waals surface area contributed by atoms with Gasteiger partial charge in [0.25, 0.3) is 0 Å². The molecular formula is C18H23BrN2. The molecule has 1 heterocycles. The van der Waals surface area contributed by atoms with Crippen molar-refractivity contribution in [2.24, 2.45) is 0 Å². The van der Waals surface area contributed by atoms with Gasteiger partial charge >= 0.3 is 0 Å². The summed E-state index contributed by atoms with van der Waals surface area (Å²) in [6.07, 6.45) is 2.84. The van der Waals surface area contributed by atoms with Gasteiger partial charge in [-0.25, -0.2) is 0 Å². The number of aryl methyl sites for hydroxylation is 3. The van der Waals surface area contributed by atoms with Crippen molar-refractivity contribution in [2.45, 2.75) is 40.2 Å². The zero-order valence-electron chi connectivity index (χ0n) is 13.2. The van der Waals surface area contributed by atoms with E-state index in [2.05, 4.69) is 78.2 Å². The zero-order valence-corrected chi connectivity index (χ0v) is 14.8. The van der Waals surface area contributed by atoms with Crippen LogP contribution in [-0.4, -0.2) is 11.5 Å². The van der Waals surface area contributed by atoms with Crippen LogP contribution in [0.2, 0.25) is 0 Å². The van der Waals surface area contributed by atoms with Crippen LogP contribution in [-0.2, 0) is 6.42 Å². The molecule has 1 atom stereocenters. The van der Waals surface area contributed by atoms with Crippen LogP contribution in [0.4, 0.5) is 0 Å². The topological polar surface area (TPSA) is 24.9 Å². The number of hydrogen-bond donors (Lipinski definition) is 1. The molecule has 2 nitrogen and oxygen atoms in total. The molecule has 0 fully saturated rings. The highest BCUT2D eigenvalue weighted by Crippen LogP contribution is 2.24. The van der Waals surface area contributed by atoms with Crippen LogP contribution < -0.4 is 5.32 Å². The third-order valence-corrected chi connectivity index (χ3v) is 4.28. The molecule has 112 valence electrons. The number of aromatic nitrogens is 1. The number of rotatable bonds is 5. The molecule has 0 amide bonds. The van der Waals surface area contributed by atoms with Gasteiger partial charge in [-0.3, -0.25) is 4.98 Å². The first-order valence-corrected chi connectivity index (χ1v) is 8.22. The second-order valence-corrected chi connectivity index (χ2v) is 6.51. The molecule has 3 heteroatoms. The molecule has 1 unspecified atom stereocenters. The fraction of sp³-hybridized carbons (Fsp3) is 0.389. The predicted octanol–water partition coefficient (Wildman–Crippen LogP) is 4.66.